The molecular weight excluding hydrogens is 356 g/mol. The summed E-state index contributed by atoms with van der Waals surface area (Å²) >= 11 is 7.63. The van der Waals surface area contributed by atoms with E-state index in [1.165, 1.54) is 0 Å². The van der Waals surface area contributed by atoms with Crippen molar-refractivity contribution in [2.75, 3.05) is 18.0 Å². The molecule has 0 radical (unpaired) electrons. The van der Waals surface area contributed by atoms with Gasteiger partial charge in [0, 0.05) is 41.5 Å². The van der Waals surface area contributed by atoms with Crippen LogP contribution in [0.5, 0.6) is 0 Å². The van der Waals surface area contributed by atoms with Gasteiger partial charge in [0.15, 0.2) is 0 Å². The van der Waals surface area contributed by atoms with Crippen LogP contribution >= 0.6 is 22.9 Å². The van der Waals surface area contributed by atoms with Gasteiger partial charge >= 0.3 is 0 Å². The van der Waals surface area contributed by atoms with E-state index in [2.05, 4.69) is 32.5 Å². The Morgan fingerprint density at radius 3 is 2.88 bits per heavy atom. The topological polar surface area (TPSA) is 58.1 Å². The van der Waals surface area contributed by atoms with Crippen molar-refractivity contribution >= 4 is 44.9 Å². The number of rotatable bonds is 2. The smallest absolute Gasteiger partial charge is 0.222 e. The van der Waals surface area contributed by atoms with Crippen LogP contribution in [0.2, 0.25) is 5.02 Å². The molecule has 1 aliphatic heterocycles. The highest BCUT2D eigenvalue weighted by Gasteiger charge is 2.25. The molecule has 0 bridgehead atoms. The molecule has 3 heterocycles. The van der Waals surface area contributed by atoms with Crippen molar-refractivity contribution in [3.05, 3.63) is 41.0 Å². The average Bonchev–Trinajstić information content (AvgIpc) is 2.96. The Morgan fingerprint density at radius 1 is 1.28 bits per heavy atom. The van der Waals surface area contributed by atoms with E-state index in [1.807, 2.05) is 24.3 Å². The summed E-state index contributed by atoms with van der Waals surface area (Å²) in [4.78, 5) is 24.0. The third-order valence-corrected chi connectivity index (χ3v) is 5.60. The number of nitrogens with one attached hydrogen (secondary N) is 1. The first-order valence-corrected chi connectivity index (χ1v) is 9.40. The Morgan fingerprint density at radius 2 is 2.08 bits per heavy atom. The summed E-state index contributed by atoms with van der Waals surface area (Å²) in [6.07, 6.45) is 2.07. The van der Waals surface area contributed by atoms with E-state index < -0.39 is 0 Å². The molecule has 1 atom stereocenters. The van der Waals surface area contributed by atoms with Crippen LogP contribution in [0.15, 0.2) is 36.0 Å². The molecule has 1 fully saturated rings. The van der Waals surface area contributed by atoms with Crippen LogP contribution in [0.3, 0.4) is 0 Å². The number of hydrogen-bond acceptors (Lipinski definition) is 5. The highest BCUT2D eigenvalue weighted by atomic mass is 35.5. The molecule has 0 aliphatic carbocycles. The van der Waals surface area contributed by atoms with Crippen molar-refractivity contribution in [1.82, 2.24) is 15.3 Å². The largest absolute Gasteiger partial charge is 0.354 e. The minimum atomic E-state index is 0.0820. The minimum Gasteiger partial charge on any atom is -0.354 e. The minimum absolute atomic E-state index is 0.0820. The fourth-order valence-electron chi connectivity index (χ4n) is 3.22. The number of anilines is 1. The van der Waals surface area contributed by atoms with Gasteiger partial charge < -0.3 is 10.2 Å². The maximum Gasteiger partial charge on any atom is 0.222 e. The van der Waals surface area contributed by atoms with Crippen LogP contribution in [0.4, 0.5) is 5.82 Å². The number of nitrogens with zero attached hydrogens (tertiary/aromatic N) is 3. The van der Waals surface area contributed by atoms with E-state index in [9.17, 15) is 4.79 Å². The van der Waals surface area contributed by atoms with Gasteiger partial charge in [0.1, 0.15) is 17.0 Å². The molecule has 2 aromatic heterocycles. The van der Waals surface area contributed by atoms with Crippen LogP contribution in [0.25, 0.3) is 21.3 Å². The third-order valence-electron chi connectivity index (χ3n) is 4.47. The van der Waals surface area contributed by atoms with Gasteiger partial charge in [-0.25, -0.2) is 9.97 Å². The summed E-state index contributed by atoms with van der Waals surface area (Å²) in [6, 6.07) is 7.88. The molecule has 0 unspecified atom stereocenters. The molecule has 1 N–H and O–H groups in total. The second-order valence-corrected chi connectivity index (χ2v) is 7.42. The van der Waals surface area contributed by atoms with Crippen LogP contribution in [0, 0.1) is 0 Å². The molecule has 5 nitrogen and oxygen atoms in total. The molecule has 1 saturated heterocycles. The second-order valence-electron chi connectivity index (χ2n) is 6.13. The zero-order chi connectivity index (χ0) is 17.4. The summed E-state index contributed by atoms with van der Waals surface area (Å²) in [5.41, 5.74) is 2.19. The fraction of sp³-hybridized carbons (Fsp3) is 0.278. The maximum atomic E-state index is 11.8. The van der Waals surface area contributed by atoms with Crippen molar-refractivity contribution in [2.24, 2.45) is 0 Å². The molecule has 25 heavy (non-hydrogen) atoms. The molecular formula is C18H17ClN4OS. The van der Waals surface area contributed by atoms with Crippen molar-refractivity contribution in [1.29, 1.82) is 0 Å². The lowest BCUT2D eigenvalue weighted by atomic mass is 10.1. The molecule has 128 valence electrons. The van der Waals surface area contributed by atoms with Gasteiger partial charge in [0.25, 0.3) is 0 Å². The van der Waals surface area contributed by atoms with E-state index in [4.69, 9.17) is 11.6 Å². The predicted molar refractivity (Wildman–Crippen MR) is 102 cm³/mol. The number of thiophene rings is 1. The van der Waals surface area contributed by atoms with Crippen LogP contribution in [-0.4, -0.2) is 35.0 Å². The maximum absolute atomic E-state index is 11.8. The van der Waals surface area contributed by atoms with Gasteiger partial charge in [-0.1, -0.05) is 23.7 Å². The lowest BCUT2D eigenvalue weighted by molar-refractivity contribution is -0.120. The van der Waals surface area contributed by atoms with Crippen molar-refractivity contribution in [2.45, 2.75) is 19.4 Å². The number of benzene rings is 1. The molecule has 1 amide bonds. The number of fused-ring (bicyclic) bond motifs is 1. The Kier molecular flexibility index (Phi) is 4.31. The van der Waals surface area contributed by atoms with Crippen LogP contribution in [0.1, 0.15) is 13.3 Å². The van der Waals surface area contributed by atoms with Crippen LogP contribution in [-0.2, 0) is 4.79 Å². The first-order chi connectivity index (χ1) is 12.1. The lowest BCUT2D eigenvalue weighted by Gasteiger charge is -2.28. The molecule has 3 aromatic rings. The van der Waals surface area contributed by atoms with E-state index in [1.54, 1.807) is 17.7 Å². The van der Waals surface area contributed by atoms with Crippen molar-refractivity contribution in [3.63, 3.8) is 0 Å². The normalized spacial score (nSPS) is 18.2. The summed E-state index contributed by atoms with van der Waals surface area (Å²) < 4.78 is 0. The Labute approximate surface area is 154 Å². The summed E-state index contributed by atoms with van der Waals surface area (Å²) in [5.74, 6) is 0.976. The Bertz CT molecular complexity index is 924. The van der Waals surface area contributed by atoms with Crippen LogP contribution < -0.4 is 10.2 Å². The number of carbonyl (C=O) groups is 1. The molecule has 1 aliphatic rings. The Balaban J connectivity index is 1.85. The van der Waals surface area contributed by atoms with E-state index in [0.717, 1.165) is 33.7 Å². The third kappa shape index (κ3) is 3.07. The highest BCUT2D eigenvalue weighted by Crippen LogP contribution is 2.38. The number of amides is 1. The van der Waals surface area contributed by atoms with Gasteiger partial charge in [-0.15, -0.1) is 11.3 Å². The zero-order valence-corrected chi connectivity index (χ0v) is 15.3. The number of aromatic nitrogens is 2. The summed E-state index contributed by atoms with van der Waals surface area (Å²) in [6.45, 7) is 3.41. The first kappa shape index (κ1) is 16.3. The van der Waals surface area contributed by atoms with Crippen molar-refractivity contribution in [3.8, 4) is 11.1 Å². The lowest BCUT2D eigenvalue weighted by Crippen LogP contribution is -2.35. The quantitative estimate of drug-likeness (QED) is 0.744. The fourth-order valence-corrected chi connectivity index (χ4v) is 4.26. The van der Waals surface area contributed by atoms with E-state index >= 15 is 0 Å². The number of hydrogen-bond donors (Lipinski definition) is 1. The van der Waals surface area contributed by atoms with E-state index in [0.29, 0.717) is 18.0 Å². The number of halogens is 1. The molecule has 1 aromatic carbocycles. The SMILES string of the molecule is C[C@H]1CC(=O)NCCN1c1ncnc2scc(-c3ccc(Cl)cc3)c12. The average molecular weight is 373 g/mol. The number of carbonyl (C=O) groups excluding carboxylic acids is 1. The zero-order valence-electron chi connectivity index (χ0n) is 13.7. The molecule has 0 saturated carbocycles. The molecule has 7 heteroatoms. The van der Waals surface area contributed by atoms with E-state index in [-0.39, 0.29) is 11.9 Å². The highest BCUT2D eigenvalue weighted by molar-refractivity contribution is 7.17. The summed E-state index contributed by atoms with van der Waals surface area (Å²) in [7, 11) is 0. The summed E-state index contributed by atoms with van der Waals surface area (Å²) in [5, 5.41) is 6.79. The second kappa shape index (κ2) is 6.61. The molecule has 4 rings (SSSR count). The van der Waals surface area contributed by atoms with Crippen molar-refractivity contribution < 1.29 is 4.79 Å². The first-order valence-electron chi connectivity index (χ1n) is 8.15. The molecule has 0 spiro atoms. The van der Waals surface area contributed by atoms with Gasteiger partial charge in [-0.05, 0) is 24.6 Å². The van der Waals surface area contributed by atoms with Gasteiger partial charge in [0.2, 0.25) is 5.91 Å². The monoisotopic (exact) mass is 372 g/mol. The Hall–Kier alpha value is -2.18. The standard InChI is InChI=1S/C18H17ClN4OS/c1-11-8-15(24)20-6-7-23(11)17-16-14(9-25-18(16)22-10-21-17)12-2-4-13(19)5-3-12/h2-5,9-11H,6-8H2,1H3,(H,20,24)/t11-/m0/s1. The van der Waals surface area contributed by atoms with Gasteiger partial charge in [-0.3, -0.25) is 4.79 Å². The van der Waals surface area contributed by atoms with Gasteiger partial charge in [-0.2, -0.15) is 0 Å². The predicted octanol–water partition coefficient (Wildman–Crippen LogP) is 3.73. The van der Waals surface area contributed by atoms with Gasteiger partial charge in [0.05, 0.1) is 5.39 Å².